The van der Waals surface area contributed by atoms with Gasteiger partial charge in [-0.3, -0.25) is 4.79 Å². The second-order valence-electron chi connectivity index (χ2n) is 6.79. The molecule has 1 aliphatic rings. The van der Waals surface area contributed by atoms with E-state index in [9.17, 15) is 13.6 Å². The van der Waals surface area contributed by atoms with Crippen LogP contribution in [0.5, 0.6) is 5.88 Å². The molecular formula is C21H20F2N4O3. The Kier molecular flexibility index (Phi) is 5.71. The summed E-state index contributed by atoms with van der Waals surface area (Å²) >= 11 is 0. The van der Waals surface area contributed by atoms with Gasteiger partial charge in [0.05, 0.1) is 12.3 Å². The summed E-state index contributed by atoms with van der Waals surface area (Å²) in [5.41, 5.74) is 2.67. The molecule has 0 fully saturated rings. The number of amides is 1. The molecule has 3 aromatic rings. The fourth-order valence-corrected chi connectivity index (χ4v) is 3.45. The summed E-state index contributed by atoms with van der Waals surface area (Å²) in [6.45, 7) is 0.673. The first-order valence-electron chi connectivity index (χ1n) is 9.52. The maximum Gasteiger partial charge on any atom is 0.276 e. The van der Waals surface area contributed by atoms with Gasteiger partial charge < -0.3 is 14.8 Å². The van der Waals surface area contributed by atoms with Crippen molar-refractivity contribution in [1.82, 2.24) is 14.8 Å². The van der Waals surface area contributed by atoms with Crippen LogP contribution >= 0.6 is 0 Å². The third-order valence-corrected chi connectivity index (χ3v) is 4.84. The number of methoxy groups -OCH3 is 1. The number of anilines is 1. The summed E-state index contributed by atoms with van der Waals surface area (Å²) in [6.07, 6.45) is 3.81. The summed E-state index contributed by atoms with van der Waals surface area (Å²) in [5.74, 6) is -2.04. The molecule has 7 nitrogen and oxygen atoms in total. The molecule has 1 aromatic carbocycles. The minimum Gasteiger partial charge on any atom is -0.474 e. The van der Waals surface area contributed by atoms with Gasteiger partial charge in [0.2, 0.25) is 5.88 Å². The summed E-state index contributed by atoms with van der Waals surface area (Å²) in [6, 6.07) is 6.93. The number of hydrogen-bond acceptors (Lipinski definition) is 5. The Morgan fingerprint density at radius 1 is 1.20 bits per heavy atom. The van der Waals surface area contributed by atoms with Crippen LogP contribution in [0.25, 0.3) is 5.69 Å². The van der Waals surface area contributed by atoms with E-state index in [0.717, 1.165) is 29.8 Å². The molecule has 2 heterocycles. The number of pyridine rings is 1. The third kappa shape index (κ3) is 3.88. The second kappa shape index (κ2) is 8.58. The lowest BCUT2D eigenvalue weighted by molar-refractivity contribution is 0.102. The standard InChI is InChI=1S/C21H20F2N4O3/c1-29-10-11-30-21-17(5-3-9-24-21)25-20(28)19-14-4-2-6-18(14)27(26-19)13-7-8-15(22)16(23)12-13/h3,5,7-9,12H,2,4,6,10-11H2,1H3,(H,25,28). The van der Waals surface area contributed by atoms with Crippen molar-refractivity contribution in [3.63, 3.8) is 0 Å². The maximum absolute atomic E-state index is 13.7. The first kappa shape index (κ1) is 20.0. The van der Waals surface area contributed by atoms with E-state index in [1.165, 1.54) is 10.7 Å². The molecule has 1 aliphatic carbocycles. The van der Waals surface area contributed by atoms with Crippen molar-refractivity contribution >= 4 is 11.6 Å². The Bertz CT molecular complexity index is 1080. The van der Waals surface area contributed by atoms with Crippen molar-refractivity contribution < 1.29 is 23.0 Å². The van der Waals surface area contributed by atoms with E-state index in [2.05, 4.69) is 15.4 Å². The monoisotopic (exact) mass is 414 g/mol. The Hall–Kier alpha value is -3.33. The van der Waals surface area contributed by atoms with E-state index in [-0.39, 0.29) is 18.2 Å². The summed E-state index contributed by atoms with van der Waals surface area (Å²) in [7, 11) is 1.56. The number of carbonyl (C=O) groups is 1. The van der Waals surface area contributed by atoms with Crippen LogP contribution < -0.4 is 10.1 Å². The largest absolute Gasteiger partial charge is 0.474 e. The molecule has 0 bridgehead atoms. The Morgan fingerprint density at radius 3 is 2.87 bits per heavy atom. The van der Waals surface area contributed by atoms with Crippen LogP contribution in [0.3, 0.4) is 0 Å². The van der Waals surface area contributed by atoms with Gasteiger partial charge in [0.1, 0.15) is 12.3 Å². The first-order valence-corrected chi connectivity index (χ1v) is 9.52. The molecule has 1 N–H and O–H groups in total. The predicted octanol–water partition coefficient (Wildman–Crippen LogP) is 3.31. The van der Waals surface area contributed by atoms with E-state index in [0.29, 0.717) is 30.8 Å². The van der Waals surface area contributed by atoms with Crippen LogP contribution in [0.1, 0.15) is 28.2 Å². The fraction of sp³-hybridized carbons (Fsp3) is 0.286. The lowest BCUT2D eigenvalue weighted by Crippen LogP contribution is -2.16. The second-order valence-corrected chi connectivity index (χ2v) is 6.79. The van der Waals surface area contributed by atoms with E-state index >= 15 is 0 Å². The van der Waals surface area contributed by atoms with Crippen LogP contribution in [0.2, 0.25) is 0 Å². The van der Waals surface area contributed by atoms with Crippen LogP contribution in [0.15, 0.2) is 36.5 Å². The number of halogens is 2. The zero-order chi connectivity index (χ0) is 21.1. The highest BCUT2D eigenvalue weighted by molar-refractivity contribution is 6.04. The van der Waals surface area contributed by atoms with Gasteiger partial charge in [0, 0.05) is 30.6 Å². The molecule has 9 heteroatoms. The van der Waals surface area contributed by atoms with Crippen molar-refractivity contribution in [2.24, 2.45) is 0 Å². The van der Waals surface area contributed by atoms with Crippen LogP contribution in [0, 0.1) is 11.6 Å². The topological polar surface area (TPSA) is 78.3 Å². The zero-order valence-corrected chi connectivity index (χ0v) is 16.3. The minimum absolute atomic E-state index is 0.249. The molecule has 0 saturated heterocycles. The number of fused-ring (bicyclic) bond motifs is 1. The molecular weight excluding hydrogens is 394 g/mol. The molecule has 2 aromatic heterocycles. The number of carbonyl (C=O) groups excluding carboxylic acids is 1. The molecule has 156 valence electrons. The number of benzene rings is 1. The van der Waals surface area contributed by atoms with Gasteiger partial charge in [-0.2, -0.15) is 5.10 Å². The van der Waals surface area contributed by atoms with Gasteiger partial charge in [-0.05, 0) is 43.5 Å². The normalized spacial score (nSPS) is 12.6. The van der Waals surface area contributed by atoms with Crippen molar-refractivity contribution in [2.45, 2.75) is 19.3 Å². The van der Waals surface area contributed by atoms with Gasteiger partial charge in [-0.25, -0.2) is 18.4 Å². The van der Waals surface area contributed by atoms with Crippen molar-refractivity contribution in [3.8, 4) is 11.6 Å². The van der Waals surface area contributed by atoms with Crippen LogP contribution in [-0.4, -0.2) is 41.0 Å². The summed E-state index contributed by atoms with van der Waals surface area (Å²) < 4.78 is 39.1. The summed E-state index contributed by atoms with van der Waals surface area (Å²) in [4.78, 5) is 17.1. The predicted molar refractivity (Wildman–Crippen MR) is 105 cm³/mol. The lowest BCUT2D eigenvalue weighted by atomic mass is 10.2. The molecule has 1 amide bonds. The smallest absolute Gasteiger partial charge is 0.276 e. The Morgan fingerprint density at radius 2 is 2.07 bits per heavy atom. The molecule has 0 spiro atoms. The van der Waals surface area contributed by atoms with Crippen LogP contribution in [-0.2, 0) is 17.6 Å². The number of ether oxygens (including phenoxy) is 2. The van der Waals surface area contributed by atoms with Crippen molar-refractivity contribution in [1.29, 1.82) is 0 Å². The van der Waals surface area contributed by atoms with E-state index in [1.54, 1.807) is 25.4 Å². The minimum atomic E-state index is -0.964. The molecule has 0 aliphatic heterocycles. The number of aromatic nitrogens is 3. The molecule has 30 heavy (non-hydrogen) atoms. The number of nitrogens with zero attached hydrogens (tertiary/aromatic N) is 3. The highest BCUT2D eigenvalue weighted by atomic mass is 19.2. The Balaban J connectivity index is 1.62. The molecule has 0 radical (unpaired) electrons. The third-order valence-electron chi connectivity index (χ3n) is 4.84. The number of hydrogen-bond donors (Lipinski definition) is 1. The maximum atomic E-state index is 13.7. The Labute approximate surface area is 171 Å². The van der Waals surface area contributed by atoms with Crippen molar-refractivity contribution in [3.05, 3.63) is 65.1 Å². The molecule has 4 rings (SSSR count). The van der Waals surface area contributed by atoms with Gasteiger partial charge in [-0.15, -0.1) is 0 Å². The molecule has 0 unspecified atom stereocenters. The first-order chi connectivity index (χ1) is 14.6. The van der Waals surface area contributed by atoms with Gasteiger partial charge >= 0.3 is 0 Å². The zero-order valence-electron chi connectivity index (χ0n) is 16.3. The molecule has 0 saturated carbocycles. The fourth-order valence-electron chi connectivity index (χ4n) is 3.45. The number of nitrogens with one attached hydrogen (secondary N) is 1. The van der Waals surface area contributed by atoms with Crippen LogP contribution in [0.4, 0.5) is 14.5 Å². The van der Waals surface area contributed by atoms with Gasteiger partial charge in [0.25, 0.3) is 5.91 Å². The molecule has 0 atom stereocenters. The average Bonchev–Trinajstić information content (AvgIpc) is 3.34. The highest BCUT2D eigenvalue weighted by Crippen LogP contribution is 2.29. The van der Waals surface area contributed by atoms with Gasteiger partial charge in [-0.1, -0.05) is 0 Å². The highest BCUT2D eigenvalue weighted by Gasteiger charge is 2.27. The van der Waals surface area contributed by atoms with E-state index in [1.807, 2.05) is 0 Å². The van der Waals surface area contributed by atoms with Crippen molar-refractivity contribution in [2.75, 3.05) is 25.6 Å². The average molecular weight is 414 g/mol. The summed E-state index contributed by atoms with van der Waals surface area (Å²) in [5, 5.41) is 7.20. The number of rotatable bonds is 7. The SMILES string of the molecule is COCCOc1ncccc1NC(=O)c1nn(-c2ccc(F)c(F)c2)c2c1CCC2. The van der Waals surface area contributed by atoms with E-state index in [4.69, 9.17) is 9.47 Å². The lowest BCUT2D eigenvalue weighted by Gasteiger charge is -2.10. The quantitative estimate of drug-likeness (QED) is 0.600. The van der Waals surface area contributed by atoms with E-state index < -0.39 is 17.5 Å². The van der Waals surface area contributed by atoms with Gasteiger partial charge in [0.15, 0.2) is 17.3 Å².